The highest BCUT2D eigenvalue weighted by molar-refractivity contribution is 6.30. The second-order valence-corrected chi connectivity index (χ2v) is 11.6. The van der Waals surface area contributed by atoms with Crippen molar-refractivity contribution in [3.05, 3.63) is 88.0 Å². The van der Waals surface area contributed by atoms with Crippen LogP contribution in [0.5, 0.6) is 11.5 Å². The number of likely N-dealkylation sites (tertiary alicyclic amines) is 1. The smallest absolute Gasteiger partial charge is 0.307 e. The second-order valence-electron chi connectivity index (χ2n) is 11.1. The Labute approximate surface area is 256 Å². The molecule has 44 heavy (non-hydrogen) atoms. The van der Waals surface area contributed by atoms with Crippen LogP contribution in [-0.2, 0) is 35.6 Å². The van der Waals surface area contributed by atoms with Crippen molar-refractivity contribution in [1.29, 1.82) is 0 Å². The minimum atomic E-state index is -1.03. The van der Waals surface area contributed by atoms with Crippen molar-refractivity contribution in [2.75, 3.05) is 19.7 Å². The number of aliphatic carboxylic acids is 1. The fraction of sp³-hybridized carbons (Fsp3) is 0.375. The number of piperidine rings is 1. The third kappa shape index (κ3) is 6.95. The predicted octanol–water partition coefficient (Wildman–Crippen LogP) is 6.15. The standard InChI is InChI=1S/C32H31ClF3N3O5/c33-21-1-4-29(26(35)15-21)43-18-20-14-23(2-3-25(20)34)44-22-5-8-38(9-6-22)17-30-37-32-27(36)11-19(13-31(40)41)12-28(32)39(30)16-24-7-10-42-24/h1-4,11-12,14-15,22,24H,5-10,13,16-18H2,(H,40,41)/t24-/m0/s1. The van der Waals surface area contributed by atoms with Crippen LogP contribution < -0.4 is 9.47 Å². The summed E-state index contributed by atoms with van der Waals surface area (Å²) in [6.45, 7) is 2.92. The topological polar surface area (TPSA) is 86.0 Å². The van der Waals surface area contributed by atoms with Gasteiger partial charge in [0.05, 0.1) is 31.1 Å². The van der Waals surface area contributed by atoms with Gasteiger partial charge in [-0.1, -0.05) is 11.6 Å². The Morgan fingerprint density at radius 3 is 2.52 bits per heavy atom. The molecule has 3 aromatic carbocycles. The number of hydrogen-bond acceptors (Lipinski definition) is 6. The number of ether oxygens (including phenoxy) is 3. The maximum atomic E-state index is 15.0. The molecule has 8 nitrogen and oxygen atoms in total. The first-order valence-electron chi connectivity index (χ1n) is 14.5. The van der Waals surface area contributed by atoms with Crippen LogP contribution in [-0.4, -0.2) is 57.4 Å². The molecular formula is C32H31ClF3N3O5. The van der Waals surface area contributed by atoms with Crippen LogP contribution in [0.3, 0.4) is 0 Å². The van der Waals surface area contributed by atoms with Crippen molar-refractivity contribution < 1.29 is 37.3 Å². The Kier molecular flexibility index (Phi) is 8.97. The molecule has 2 saturated heterocycles. The Bertz CT molecular complexity index is 1670. The van der Waals surface area contributed by atoms with Crippen molar-refractivity contribution in [2.24, 2.45) is 0 Å². The van der Waals surface area contributed by atoms with E-state index in [1.165, 1.54) is 24.3 Å². The number of nitrogens with zero attached hydrogens (tertiary/aromatic N) is 3. The summed E-state index contributed by atoms with van der Waals surface area (Å²) in [5, 5.41) is 9.46. The normalized spacial score (nSPS) is 17.5. The molecule has 0 radical (unpaired) electrons. The number of aromatic nitrogens is 2. The summed E-state index contributed by atoms with van der Waals surface area (Å²) in [6.07, 6.45) is 1.95. The van der Waals surface area contributed by atoms with Gasteiger partial charge in [0, 0.05) is 30.3 Å². The Hall–Kier alpha value is -3.80. The van der Waals surface area contributed by atoms with Crippen LogP contribution in [0.4, 0.5) is 13.2 Å². The number of halogens is 4. The van der Waals surface area contributed by atoms with E-state index in [-0.39, 0.29) is 47.1 Å². The Balaban J connectivity index is 1.09. The minimum Gasteiger partial charge on any atom is -0.490 e. The van der Waals surface area contributed by atoms with E-state index in [2.05, 4.69) is 9.88 Å². The number of imidazole rings is 1. The molecule has 1 atom stereocenters. The van der Waals surface area contributed by atoms with Crippen LogP contribution in [0, 0.1) is 17.5 Å². The third-order valence-corrected chi connectivity index (χ3v) is 8.21. The van der Waals surface area contributed by atoms with Gasteiger partial charge in [-0.2, -0.15) is 0 Å². The molecule has 0 saturated carbocycles. The van der Waals surface area contributed by atoms with Crippen molar-refractivity contribution in [3.8, 4) is 11.5 Å². The van der Waals surface area contributed by atoms with Gasteiger partial charge in [-0.15, -0.1) is 0 Å². The molecule has 0 spiro atoms. The molecule has 2 fully saturated rings. The van der Waals surface area contributed by atoms with Crippen LogP contribution in [0.2, 0.25) is 5.02 Å². The fourth-order valence-corrected chi connectivity index (χ4v) is 5.74. The summed E-state index contributed by atoms with van der Waals surface area (Å²) in [6, 6.07) is 11.4. The van der Waals surface area contributed by atoms with Crippen molar-refractivity contribution in [2.45, 2.75) is 57.6 Å². The van der Waals surface area contributed by atoms with E-state index in [9.17, 15) is 23.1 Å². The van der Waals surface area contributed by atoms with Gasteiger partial charge in [-0.3, -0.25) is 9.69 Å². The zero-order valence-electron chi connectivity index (χ0n) is 23.8. The SMILES string of the molecule is O=C(O)Cc1cc(F)c2nc(CN3CCC(Oc4ccc(F)c(COc5ccc(Cl)cc5F)c4)CC3)n(C[C@@H]3CCO3)c2c1. The number of carboxylic acid groups (broad SMARTS) is 1. The number of carboxylic acids is 1. The average molecular weight is 630 g/mol. The molecule has 0 aliphatic carbocycles. The highest BCUT2D eigenvalue weighted by Gasteiger charge is 2.26. The number of fused-ring (bicyclic) bond motifs is 1. The molecule has 0 amide bonds. The summed E-state index contributed by atoms with van der Waals surface area (Å²) in [7, 11) is 0. The third-order valence-electron chi connectivity index (χ3n) is 7.98. The maximum Gasteiger partial charge on any atom is 0.307 e. The lowest BCUT2D eigenvalue weighted by Gasteiger charge is -2.32. The lowest BCUT2D eigenvalue weighted by atomic mass is 10.1. The van der Waals surface area contributed by atoms with E-state index < -0.39 is 23.4 Å². The summed E-state index contributed by atoms with van der Waals surface area (Å²) in [4.78, 5) is 18.1. The largest absolute Gasteiger partial charge is 0.490 e. The van der Waals surface area contributed by atoms with Crippen LogP contribution in [0.1, 0.15) is 36.2 Å². The van der Waals surface area contributed by atoms with Gasteiger partial charge in [0.25, 0.3) is 0 Å². The first kappa shape index (κ1) is 30.2. The Morgan fingerprint density at radius 2 is 1.82 bits per heavy atom. The van der Waals surface area contributed by atoms with Crippen molar-refractivity contribution in [1.82, 2.24) is 14.5 Å². The first-order valence-corrected chi connectivity index (χ1v) is 14.9. The van der Waals surface area contributed by atoms with E-state index in [0.29, 0.717) is 68.3 Å². The zero-order valence-corrected chi connectivity index (χ0v) is 24.5. The molecule has 4 aromatic rings. The molecule has 1 N–H and O–H groups in total. The summed E-state index contributed by atoms with van der Waals surface area (Å²) >= 11 is 5.78. The van der Waals surface area contributed by atoms with E-state index in [1.807, 2.05) is 4.57 Å². The van der Waals surface area contributed by atoms with Crippen molar-refractivity contribution in [3.63, 3.8) is 0 Å². The van der Waals surface area contributed by atoms with Gasteiger partial charge in [0.15, 0.2) is 17.4 Å². The number of rotatable bonds is 11. The summed E-state index contributed by atoms with van der Waals surface area (Å²) in [5.74, 6) is -1.51. The molecule has 1 aromatic heterocycles. The molecule has 2 aliphatic heterocycles. The molecule has 3 heterocycles. The molecule has 2 aliphatic rings. The number of benzene rings is 3. The van der Waals surface area contributed by atoms with Crippen LogP contribution in [0.25, 0.3) is 11.0 Å². The van der Waals surface area contributed by atoms with E-state index in [4.69, 9.17) is 25.8 Å². The fourth-order valence-electron chi connectivity index (χ4n) is 5.58. The lowest BCUT2D eigenvalue weighted by molar-refractivity contribution is -0.136. The summed E-state index contributed by atoms with van der Waals surface area (Å²) in [5.41, 5.74) is 1.42. The van der Waals surface area contributed by atoms with Gasteiger partial charge in [0.1, 0.15) is 35.6 Å². The highest BCUT2D eigenvalue weighted by Crippen LogP contribution is 2.28. The predicted molar refractivity (Wildman–Crippen MR) is 156 cm³/mol. The molecule has 232 valence electrons. The molecule has 6 rings (SSSR count). The van der Waals surface area contributed by atoms with Gasteiger partial charge < -0.3 is 23.9 Å². The summed E-state index contributed by atoms with van der Waals surface area (Å²) < 4.78 is 62.8. The molecule has 0 unspecified atom stereocenters. The van der Waals surface area contributed by atoms with Gasteiger partial charge in [-0.05, 0) is 73.4 Å². The molecular weight excluding hydrogens is 599 g/mol. The average Bonchev–Trinajstić information content (AvgIpc) is 3.29. The quantitative estimate of drug-likeness (QED) is 0.213. The minimum absolute atomic E-state index is 0.00712. The van der Waals surface area contributed by atoms with E-state index in [1.54, 1.807) is 18.2 Å². The number of hydrogen-bond donors (Lipinski definition) is 1. The first-order chi connectivity index (χ1) is 21.2. The number of carbonyl (C=O) groups is 1. The Morgan fingerprint density at radius 1 is 1.02 bits per heavy atom. The van der Waals surface area contributed by atoms with Gasteiger partial charge >= 0.3 is 5.97 Å². The molecule has 12 heteroatoms. The van der Waals surface area contributed by atoms with E-state index >= 15 is 0 Å². The van der Waals surface area contributed by atoms with Crippen molar-refractivity contribution >= 4 is 28.6 Å². The van der Waals surface area contributed by atoms with Gasteiger partial charge in [-0.25, -0.2) is 18.2 Å². The van der Waals surface area contributed by atoms with E-state index in [0.717, 1.165) is 12.5 Å². The lowest BCUT2D eigenvalue weighted by Crippen LogP contribution is -2.39. The van der Waals surface area contributed by atoms with Crippen LogP contribution in [0.15, 0.2) is 48.5 Å². The maximum absolute atomic E-state index is 15.0. The highest BCUT2D eigenvalue weighted by atomic mass is 35.5. The van der Waals surface area contributed by atoms with Gasteiger partial charge in [0.2, 0.25) is 0 Å². The molecule has 0 bridgehead atoms. The monoisotopic (exact) mass is 629 g/mol. The second kappa shape index (κ2) is 13.1. The zero-order chi connectivity index (χ0) is 30.8. The van der Waals surface area contributed by atoms with Crippen LogP contribution >= 0.6 is 11.6 Å².